The van der Waals surface area contributed by atoms with Gasteiger partial charge in [-0.15, -0.1) is 0 Å². The van der Waals surface area contributed by atoms with Gasteiger partial charge in [-0.1, -0.05) is 12.1 Å². The molecule has 0 bridgehead atoms. The van der Waals surface area contributed by atoms with Crippen LogP contribution in [0.3, 0.4) is 0 Å². The van der Waals surface area contributed by atoms with Gasteiger partial charge in [0.1, 0.15) is 5.56 Å². The van der Waals surface area contributed by atoms with Crippen molar-refractivity contribution in [1.82, 2.24) is 0 Å². The van der Waals surface area contributed by atoms with Crippen molar-refractivity contribution in [1.29, 1.82) is 0 Å². The molecule has 0 radical (unpaired) electrons. The maximum absolute atomic E-state index is 11.6. The molecule has 1 heterocycles. The minimum Gasteiger partial charge on any atom is -0.618 e. The van der Waals surface area contributed by atoms with E-state index in [-0.39, 0.29) is 11.3 Å². The van der Waals surface area contributed by atoms with Crippen molar-refractivity contribution in [3.05, 3.63) is 35.0 Å². The number of para-hydroxylation sites is 1. The van der Waals surface area contributed by atoms with E-state index in [1.54, 1.807) is 12.1 Å². The Labute approximate surface area is 85.2 Å². The molecule has 0 spiro atoms. The molecule has 0 atom stereocenters. The minimum absolute atomic E-state index is 0.183. The lowest BCUT2D eigenvalue weighted by atomic mass is 10.1. The van der Waals surface area contributed by atoms with Gasteiger partial charge in [0.2, 0.25) is 5.69 Å². The van der Waals surface area contributed by atoms with Crippen molar-refractivity contribution in [2.45, 2.75) is 0 Å². The molecule has 1 aliphatic heterocycles. The third-order valence-electron chi connectivity index (χ3n) is 2.16. The highest BCUT2D eigenvalue weighted by molar-refractivity contribution is 6.67. The Bertz CT molecular complexity index is 490. The zero-order valence-electron chi connectivity index (χ0n) is 7.89. The van der Waals surface area contributed by atoms with E-state index in [9.17, 15) is 14.8 Å². The summed E-state index contributed by atoms with van der Waals surface area (Å²) in [5.41, 5.74) is -0.0745. The van der Waals surface area contributed by atoms with Crippen LogP contribution in [0.4, 0.5) is 5.69 Å². The quantitative estimate of drug-likeness (QED) is 0.383. The van der Waals surface area contributed by atoms with Crippen molar-refractivity contribution in [3.63, 3.8) is 0 Å². The SMILES string of the molecule is COC(=O)C1=[N+]([O-])c2ccccc2C1=O. The van der Waals surface area contributed by atoms with Crippen molar-refractivity contribution in [3.8, 4) is 0 Å². The highest BCUT2D eigenvalue weighted by Crippen LogP contribution is 2.25. The zero-order chi connectivity index (χ0) is 11.0. The summed E-state index contributed by atoms with van der Waals surface area (Å²) in [6.07, 6.45) is 0. The summed E-state index contributed by atoms with van der Waals surface area (Å²) >= 11 is 0. The van der Waals surface area contributed by atoms with Crippen LogP contribution in [0, 0.1) is 5.21 Å². The van der Waals surface area contributed by atoms with E-state index >= 15 is 0 Å². The molecule has 1 aromatic carbocycles. The number of methoxy groups -OCH3 is 1. The van der Waals surface area contributed by atoms with Gasteiger partial charge in [-0.25, -0.2) is 4.79 Å². The van der Waals surface area contributed by atoms with E-state index in [1.807, 2.05) is 0 Å². The molecule has 0 aliphatic carbocycles. The number of esters is 1. The van der Waals surface area contributed by atoms with Crippen LogP contribution >= 0.6 is 0 Å². The largest absolute Gasteiger partial charge is 0.618 e. The summed E-state index contributed by atoms with van der Waals surface area (Å²) in [4.78, 5) is 22.8. The number of hydrogen-bond donors (Lipinski definition) is 0. The van der Waals surface area contributed by atoms with Crippen molar-refractivity contribution in [2.24, 2.45) is 0 Å². The summed E-state index contributed by atoms with van der Waals surface area (Å²) < 4.78 is 4.68. The minimum atomic E-state index is -0.911. The standard InChI is InChI=1S/C10H7NO4/c1-15-10(13)8-9(12)6-4-2-3-5-7(6)11(8)14/h2-5H,1H3. The second kappa shape index (κ2) is 3.20. The number of benzene rings is 1. The third-order valence-corrected chi connectivity index (χ3v) is 2.16. The average Bonchev–Trinajstić information content (AvgIpc) is 2.52. The van der Waals surface area contributed by atoms with Crippen molar-refractivity contribution < 1.29 is 19.1 Å². The molecule has 0 unspecified atom stereocenters. The predicted octanol–water partition coefficient (Wildman–Crippen LogP) is 0.639. The van der Waals surface area contributed by atoms with Crippen molar-refractivity contribution in [2.75, 3.05) is 7.11 Å². The fourth-order valence-electron chi connectivity index (χ4n) is 1.46. The van der Waals surface area contributed by atoms with Crippen LogP contribution in [0.25, 0.3) is 0 Å². The first kappa shape index (κ1) is 9.39. The first-order valence-electron chi connectivity index (χ1n) is 4.23. The molecule has 1 aliphatic rings. The normalized spacial score (nSPS) is 14.1. The van der Waals surface area contributed by atoms with E-state index in [2.05, 4.69) is 4.74 Å². The number of carbonyl (C=O) groups is 2. The smallest absolute Gasteiger partial charge is 0.409 e. The second-order valence-corrected chi connectivity index (χ2v) is 2.98. The Morgan fingerprint density at radius 1 is 1.40 bits per heavy atom. The maximum atomic E-state index is 11.6. The van der Waals surface area contributed by atoms with Crippen LogP contribution in [0.2, 0.25) is 0 Å². The van der Waals surface area contributed by atoms with Gasteiger partial charge in [0.15, 0.2) is 0 Å². The van der Waals surface area contributed by atoms with E-state index in [4.69, 9.17) is 0 Å². The van der Waals surface area contributed by atoms with Crippen LogP contribution in [0.5, 0.6) is 0 Å². The summed E-state index contributed by atoms with van der Waals surface area (Å²) in [5, 5.41) is 11.6. The van der Waals surface area contributed by atoms with Crippen LogP contribution in [0.1, 0.15) is 10.4 Å². The molecule has 76 valence electrons. The monoisotopic (exact) mass is 205 g/mol. The molecular formula is C10H7NO4. The van der Waals surface area contributed by atoms with Crippen LogP contribution in [-0.4, -0.2) is 29.3 Å². The average molecular weight is 205 g/mol. The second-order valence-electron chi connectivity index (χ2n) is 2.98. The van der Waals surface area contributed by atoms with Gasteiger partial charge in [0, 0.05) is 6.07 Å². The fraction of sp³-hybridized carbons (Fsp3) is 0.100. The highest BCUT2D eigenvalue weighted by Gasteiger charge is 2.40. The van der Waals surface area contributed by atoms with Gasteiger partial charge in [-0.3, -0.25) is 4.79 Å². The van der Waals surface area contributed by atoms with Crippen molar-refractivity contribution >= 4 is 23.2 Å². The number of fused-ring (bicyclic) bond motifs is 1. The van der Waals surface area contributed by atoms with E-state index < -0.39 is 17.5 Å². The number of hydrogen-bond acceptors (Lipinski definition) is 4. The molecule has 15 heavy (non-hydrogen) atoms. The van der Waals surface area contributed by atoms with Gasteiger partial charge in [-0.05, 0) is 6.07 Å². The molecule has 1 aromatic rings. The lowest BCUT2D eigenvalue weighted by molar-refractivity contribution is -0.356. The number of ether oxygens (including phenoxy) is 1. The first-order valence-corrected chi connectivity index (χ1v) is 4.23. The highest BCUT2D eigenvalue weighted by atomic mass is 16.5. The Kier molecular flexibility index (Phi) is 2.00. The Morgan fingerprint density at radius 2 is 2.07 bits per heavy atom. The Balaban J connectivity index is 2.60. The molecular weight excluding hydrogens is 198 g/mol. The number of Topliss-reactive ketones (excluding diaryl/α,β-unsaturated/α-hetero) is 1. The summed E-state index contributed by atoms with van der Waals surface area (Å²) in [6.45, 7) is 0. The van der Waals surface area contributed by atoms with Crippen LogP contribution in [0.15, 0.2) is 24.3 Å². The summed E-state index contributed by atoms with van der Waals surface area (Å²) in [7, 11) is 1.12. The lowest BCUT2D eigenvalue weighted by Crippen LogP contribution is -2.26. The van der Waals surface area contributed by atoms with Gasteiger partial charge < -0.3 is 9.94 Å². The molecule has 0 amide bonds. The topological polar surface area (TPSA) is 69.4 Å². The number of carbonyl (C=O) groups excluding carboxylic acids is 2. The Hall–Kier alpha value is -2.17. The summed E-state index contributed by atoms with van der Waals surface area (Å²) in [5.74, 6) is -1.50. The predicted molar refractivity (Wildman–Crippen MR) is 51.1 cm³/mol. The zero-order valence-corrected chi connectivity index (χ0v) is 7.89. The number of ketones is 1. The number of rotatable bonds is 1. The van der Waals surface area contributed by atoms with E-state index in [0.717, 1.165) is 7.11 Å². The maximum Gasteiger partial charge on any atom is 0.409 e. The van der Waals surface area contributed by atoms with Gasteiger partial charge in [0.25, 0.3) is 5.78 Å². The molecule has 5 heteroatoms. The van der Waals surface area contributed by atoms with Gasteiger partial charge in [0.05, 0.1) is 7.11 Å². The molecule has 0 saturated heterocycles. The molecule has 5 nitrogen and oxygen atoms in total. The number of nitrogens with zero attached hydrogens (tertiary/aromatic N) is 1. The Morgan fingerprint density at radius 3 is 2.67 bits per heavy atom. The van der Waals surface area contributed by atoms with E-state index in [0.29, 0.717) is 4.74 Å². The molecule has 2 rings (SSSR count). The van der Waals surface area contributed by atoms with E-state index in [1.165, 1.54) is 12.1 Å². The lowest BCUT2D eigenvalue weighted by Gasteiger charge is -1.99. The molecule has 0 fully saturated rings. The van der Waals surface area contributed by atoms with Gasteiger partial charge >= 0.3 is 11.7 Å². The molecule has 0 N–H and O–H groups in total. The van der Waals surface area contributed by atoms with Crippen LogP contribution in [-0.2, 0) is 9.53 Å². The van der Waals surface area contributed by atoms with Crippen LogP contribution < -0.4 is 0 Å². The third kappa shape index (κ3) is 1.20. The summed E-state index contributed by atoms with van der Waals surface area (Å²) in [6, 6.07) is 6.23. The molecule has 0 aromatic heterocycles. The van der Waals surface area contributed by atoms with Gasteiger partial charge in [-0.2, -0.15) is 4.74 Å². The first-order chi connectivity index (χ1) is 7.16. The fourth-order valence-corrected chi connectivity index (χ4v) is 1.46. The molecule has 0 saturated carbocycles.